The first kappa shape index (κ1) is 17.4. The standard InChI is InChI=1S/C16H36P/c1-5-9-13-17(14-10-6-2,15-11-7-3)16-12-8-4/h5-16H2,1-4H3/q+1/p+2. The van der Waals surface area contributed by atoms with Gasteiger partial charge in [-0.05, 0) is 25.7 Å². The average Bonchev–Trinajstić information content (AvgIpc) is 2.37. The van der Waals surface area contributed by atoms with Crippen LogP contribution in [0.25, 0.3) is 0 Å². The molecule has 0 aliphatic heterocycles. The first-order valence-electron chi connectivity index (χ1n) is 8.09. The van der Waals surface area contributed by atoms with Crippen LogP contribution in [0.2, 0.25) is 0 Å². The van der Waals surface area contributed by atoms with Gasteiger partial charge in [-0.3, -0.25) is 0 Å². The summed E-state index contributed by atoms with van der Waals surface area (Å²) in [5, 5.41) is 0. The Kier molecular flexibility index (Phi) is 11.8. The second kappa shape index (κ2) is 11.5. The molecular weight excluding hydrogens is 223 g/mol. The molecule has 0 saturated heterocycles. The summed E-state index contributed by atoms with van der Waals surface area (Å²) in [6.07, 6.45) is 17.9. The van der Waals surface area contributed by atoms with Crippen molar-refractivity contribution in [3.63, 3.8) is 0 Å². The molecule has 0 aromatic rings. The van der Waals surface area contributed by atoms with Crippen LogP contribution in [0.1, 0.15) is 81.9 Å². The third kappa shape index (κ3) is 8.20. The molecule has 0 unspecified atom stereocenters. The Morgan fingerprint density at radius 3 is 0.941 bits per heavy atom. The molecule has 0 radical (unpaired) electrons. The minimum atomic E-state index is -0.562. The van der Waals surface area contributed by atoms with E-state index in [0.717, 1.165) is 0 Å². The molecule has 0 aliphatic rings. The quantitative estimate of drug-likeness (QED) is 0.355. The van der Waals surface area contributed by atoms with Crippen molar-refractivity contribution >= 4 is 7.26 Å². The van der Waals surface area contributed by atoms with E-state index < -0.39 is 7.26 Å². The Balaban J connectivity index is -0.00000128. The van der Waals surface area contributed by atoms with Gasteiger partial charge in [-0.2, -0.15) is 0 Å². The minimum absolute atomic E-state index is 0. The van der Waals surface area contributed by atoms with Crippen molar-refractivity contribution < 1.29 is 2.85 Å². The van der Waals surface area contributed by atoms with Gasteiger partial charge in [-0.15, -0.1) is 0 Å². The lowest BCUT2D eigenvalue weighted by atomic mass is 10.4. The maximum absolute atomic E-state index is 2.36. The summed E-state index contributed by atoms with van der Waals surface area (Å²) in [5.41, 5.74) is 0. The summed E-state index contributed by atoms with van der Waals surface area (Å²) in [4.78, 5) is 0. The third-order valence-corrected chi connectivity index (χ3v) is 9.00. The largest absolute Gasteiger partial charge is 1.00 e. The highest BCUT2D eigenvalue weighted by Crippen LogP contribution is 2.61. The predicted octanol–water partition coefficient (Wildman–Crippen LogP) is 6.43. The predicted molar refractivity (Wildman–Crippen MR) is 88.2 cm³/mol. The zero-order valence-electron chi connectivity index (χ0n) is 14.9. The maximum Gasteiger partial charge on any atom is 1.00 e. The van der Waals surface area contributed by atoms with E-state index in [0.29, 0.717) is 0 Å². The van der Waals surface area contributed by atoms with Crippen LogP contribution in [-0.4, -0.2) is 24.6 Å². The number of unbranched alkanes of at least 4 members (excludes halogenated alkanes) is 4. The molecule has 1 heteroatoms. The number of rotatable bonds is 12. The van der Waals surface area contributed by atoms with Gasteiger partial charge in [0.15, 0.2) is 0 Å². The lowest BCUT2D eigenvalue weighted by Crippen LogP contribution is -2.12. The molecule has 0 aromatic carbocycles. The molecule has 0 fully saturated rings. The van der Waals surface area contributed by atoms with Gasteiger partial charge < -0.3 is 0 Å². The van der Waals surface area contributed by atoms with E-state index in [2.05, 4.69) is 27.7 Å². The number of hydrogen-bond donors (Lipinski definition) is 0. The monoisotopic (exact) mass is 261 g/mol. The molecule has 17 heavy (non-hydrogen) atoms. The fourth-order valence-corrected chi connectivity index (χ4v) is 7.93. The van der Waals surface area contributed by atoms with Gasteiger partial charge in [0.25, 0.3) is 0 Å². The molecule has 104 valence electrons. The molecule has 0 spiro atoms. The third-order valence-electron chi connectivity index (χ3n) is 3.94. The summed E-state index contributed by atoms with van der Waals surface area (Å²) in [5.74, 6) is 0. The van der Waals surface area contributed by atoms with Gasteiger partial charge in [-0.25, -0.2) is 0 Å². The van der Waals surface area contributed by atoms with Crippen molar-refractivity contribution in [2.75, 3.05) is 24.6 Å². The van der Waals surface area contributed by atoms with E-state index in [1.807, 2.05) is 0 Å². The van der Waals surface area contributed by atoms with Crippen LogP contribution in [0.3, 0.4) is 0 Å². The molecule has 0 rings (SSSR count). The van der Waals surface area contributed by atoms with Gasteiger partial charge in [0, 0.05) is 7.26 Å². The SMILES string of the molecule is CCCC[P+](CCCC)(CCCC)CCCC.[H+].[H+]. The van der Waals surface area contributed by atoms with Crippen LogP contribution in [-0.2, 0) is 0 Å². The molecule has 0 N–H and O–H groups in total. The van der Waals surface area contributed by atoms with Crippen molar-refractivity contribution in [1.82, 2.24) is 0 Å². The zero-order valence-corrected chi connectivity index (χ0v) is 13.8. The molecule has 0 amide bonds. The minimum Gasteiger partial charge on any atom is -0.0652 e. The Morgan fingerprint density at radius 1 is 0.529 bits per heavy atom. The zero-order chi connectivity index (χ0) is 13.0. The van der Waals surface area contributed by atoms with Crippen molar-refractivity contribution in [2.24, 2.45) is 0 Å². The van der Waals surface area contributed by atoms with Crippen LogP contribution in [0.5, 0.6) is 0 Å². The van der Waals surface area contributed by atoms with Gasteiger partial charge >= 0.3 is 2.85 Å². The van der Waals surface area contributed by atoms with E-state index in [1.165, 1.54) is 51.4 Å². The Labute approximate surface area is 114 Å². The summed E-state index contributed by atoms with van der Waals surface area (Å²) in [6.45, 7) is 9.42. The lowest BCUT2D eigenvalue weighted by molar-refractivity contribution is 0.814. The maximum atomic E-state index is 2.36. The van der Waals surface area contributed by atoms with Gasteiger partial charge in [0.05, 0.1) is 24.6 Å². The summed E-state index contributed by atoms with van der Waals surface area (Å²) < 4.78 is 0. The van der Waals surface area contributed by atoms with Crippen molar-refractivity contribution in [3.05, 3.63) is 0 Å². The summed E-state index contributed by atoms with van der Waals surface area (Å²) >= 11 is 0. The van der Waals surface area contributed by atoms with Gasteiger partial charge in [0.2, 0.25) is 0 Å². The Morgan fingerprint density at radius 2 is 0.765 bits per heavy atom. The highest BCUT2D eigenvalue weighted by Gasteiger charge is 2.34. The van der Waals surface area contributed by atoms with Crippen molar-refractivity contribution in [2.45, 2.75) is 79.1 Å². The molecule has 0 atom stereocenters. The first-order valence-corrected chi connectivity index (χ1v) is 10.6. The van der Waals surface area contributed by atoms with E-state index in [-0.39, 0.29) is 2.85 Å². The van der Waals surface area contributed by atoms with Crippen LogP contribution < -0.4 is 0 Å². The second-order valence-corrected chi connectivity index (χ2v) is 10.1. The molecular formula is C16H38P+3. The van der Waals surface area contributed by atoms with Crippen LogP contribution in [0, 0.1) is 0 Å². The van der Waals surface area contributed by atoms with Gasteiger partial charge in [0.1, 0.15) is 0 Å². The highest BCUT2D eigenvalue weighted by molar-refractivity contribution is 7.75. The molecule has 0 aromatic heterocycles. The molecule has 0 saturated carbocycles. The van der Waals surface area contributed by atoms with Gasteiger partial charge in [-0.1, -0.05) is 53.4 Å². The molecule has 0 aliphatic carbocycles. The highest BCUT2D eigenvalue weighted by atomic mass is 31.2. The fraction of sp³-hybridized carbons (Fsp3) is 1.00. The Hall–Kier alpha value is 0.430. The number of hydrogen-bond acceptors (Lipinski definition) is 0. The van der Waals surface area contributed by atoms with E-state index in [1.54, 1.807) is 24.6 Å². The topological polar surface area (TPSA) is 0 Å². The fourth-order valence-electron chi connectivity index (χ4n) is 2.64. The summed E-state index contributed by atoms with van der Waals surface area (Å²) in [6, 6.07) is 0. The molecule has 0 bridgehead atoms. The normalized spacial score (nSPS) is 12.0. The average molecular weight is 261 g/mol. The van der Waals surface area contributed by atoms with Crippen LogP contribution in [0.4, 0.5) is 0 Å². The first-order chi connectivity index (χ1) is 8.24. The lowest BCUT2D eigenvalue weighted by Gasteiger charge is -2.28. The summed E-state index contributed by atoms with van der Waals surface area (Å²) in [7, 11) is -0.562. The smallest absolute Gasteiger partial charge is 0.0652 e. The van der Waals surface area contributed by atoms with Crippen molar-refractivity contribution in [3.8, 4) is 0 Å². The second-order valence-electron chi connectivity index (χ2n) is 5.65. The van der Waals surface area contributed by atoms with Crippen molar-refractivity contribution in [1.29, 1.82) is 0 Å². The molecule has 0 heterocycles. The van der Waals surface area contributed by atoms with Crippen LogP contribution in [0.15, 0.2) is 0 Å². The Bertz CT molecular complexity index is 125. The van der Waals surface area contributed by atoms with E-state index >= 15 is 0 Å². The molecule has 0 nitrogen and oxygen atoms in total. The van der Waals surface area contributed by atoms with E-state index in [4.69, 9.17) is 0 Å². The van der Waals surface area contributed by atoms with E-state index in [9.17, 15) is 0 Å². The van der Waals surface area contributed by atoms with Crippen LogP contribution >= 0.6 is 7.26 Å².